The largest absolute Gasteiger partial charge is 0.497 e. The molecule has 0 aliphatic rings. The van der Waals surface area contributed by atoms with Gasteiger partial charge in [-0.25, -0.2) is 4.98 Å². The zero-order valence-corrected chi connectivity index (χ0v) is 18.1. The standard InChI is InChI=1S/C24H19N5O2S/c1-30-21-9-7-20(8-10-21)29-22(17-11-13-25-14-12-17)27-28-24(29)32-16-19-15-31-23(26-19)18-5-3-2-4-6-18/h2-15H,16H2,1H3. The van der Waals surface area contributed by atoms with Crippen LogP contribution in [-0.4, -0.2) is 31.8 Å². The maximum Gasteiger partial charge on any atom is 0.226 e. The molecule has 0 spiro atoms. The van der Waals surface area contributed by atoms with Gasteiger partial charge in [-0.2, -0.15) is 0 Å². The molecule has 0 aliphatic carbocycles. The highest BCUT2D eigenvalue weighted by Gasteiger charge is 2.17. The predicted octanol–water partition coefficient (Wildman–Crippen LogP) is 5.29. The van der Waals surface area contributed by atoms with Gasteiger partial charge in [0.05, 0.1) is 12.8 Å². The van der Waals surface area contributed by atoms with Crippen molar-refractivity contribution in [1.29, 1.82) is 0 Å². The summed E-state index contributed by atoms with van der Waals surface area (Å²) >= 11 is 1.55. The number of thioether (sulfide) groups is 1. The van der Waals surface area contributed by atoms with E-state index in [-0.39, 0.29) is 0 Å². The highest BCUT2D eigenvalue weighted by atomic mass is 32.2. The summed E-state index contributed by atoms with van der Waals surface area (Å²) in [5, 5.41) is 9.67. The molecular formula is C24H19N5O2S. The molecule has 0 radical (unpaired) electrons. The molecule has 5 rings (SSSR count). The van der Waals surface area contributed by atoms with Crippen molar-refractivity contribution >= 4 is 11.8 Å². The van der Waals surface area contributed by atoms with Crippen molar-refractivity contribution in [3.8, 4) is 34.3 Å². The first-order valence-electron chi connectivity index (χ1n) is 9.94. The first kappa shape index (κ1) is 20.0. The van der Waals surface area contributed by atoms with Crippen molar-refractivity contribution in [2.45, 2.75) is 10.9 Å². The zero-order chi connectivity index (χ0) is 21.8. The van der Waals surface area contributed by atoms with Crippen LogP contribution in [-0.2, 0) is 5.75 Å². The second-order valence-corrected chi connectivity index (χ2v) is 7.82. The van der Waals surface area contributed by atoms with Gasteiger partial charge in [0.15, 0.2) is 11.0 Å². The molecule has 0 fully saturated rings. The molecule has 0 atom stereocenters. The monoisotopic (exact) mass is 441 g/mol. The Kier molecular flexibility index (Phi) is 5.67. The third-order valence-electron chi connectivity index (χ3n) is 4.82. The maximum absolute atomic E-state index is 5.67. The molecule has 7 nitrogen and oxygen atoms in total. The van der Waals surface area contributed by atoms with Crippen LogP contribution in [0.4, 0.5) is 0 Å². The van der Waals surface area contributed by atoms with Crippen LogP contribution < -0.4 is 4.74 Å². The summed E-state index contributed by atoms with van der Waals surface area (Å²) in [6, 6.07) is 21.5. The summed E-state index contributed by atoms with van der Waals surface area (Å²) in [5.41, 5.74) is 3.66. The van der Waals surface area contributed by atoms with Crippen molar-refractivity contribution in [3.63, 3.8) is 0 Å². The minimum Gasteiger partial charge on any atom is -0.497 e. The third-order valence-corrected chi connectivity index (χ3v) is 5.79. The third kappa shape index (κ3) is 4.13. The van der Waals surface area contributed by atoms with Gasteiger partial charge in [0.1, 0.15) is 12.0 Å². The van der Waals surface area contributed by atoms with E-state index in [2.05, 4.69) is 20.2 Å². The molecule has 158 valence electrons. The molecule has 0 saturated carbocycles. The molecule has 5 aromatic rings. The normalized spacial score (nSPS) is 10.9. The Bertz CT molecular complexity index is 1300. The SMILES string of the molecule is COc1ccc(-n2c(SCc3coc(-c4ccccc4)n3)nnc2-c2ccncc2)cc1. The first-order chi connectivity index (χ1) is 15.8. The van der Waals surface area contributed by atoms with Crippen molar-refractivity contribution in [1.82, 2.24) is 24.7 Å². The fourth-order valence-corrected chi connectivity index (χ4v) is 4.07. The molecule has 32 heavy (non-hydrogen) atoms. The van der Waals surface area contributed by atoms with Crippen LogP contribution >= 0.6 is 11.8 Å². The molecule has 3 aromatic heterocycles. The van der Waals surface area contributed by atoms with E-state index in [9.17, 15) is 0 Å². The summed E-state index contributed by atoms with van der Waals surface area (Å²) in [5.74, 6) is 2.74. The Morgan fingerprint density at radius 1 is 0.906 bits per heavy atom. The summed E-state index contributed by atoms with van der Waals surface area (Å²) in [7, 11) is 1.65. The van der Waals surface area contributed by atoms with Gasteiger partial charge in [0.25, 0.3) is 0 Å². The number of oxazole rings is 1. The molecular weight excluding hydrogens is 422 g/mol. The quantitative estimate of drug-likeness (QED) is 0.318. The number of pyridine rings is 1. The molecule has 2 aromatic carbocycles. The van der Waals surface area contributed by atoms with Crippen LogP contribution in [0.2, 0.25) is 0 Å². The van der Waals surface area contributed by atoms with Gasteiger partial charge in [-0.15, -0.1) is 10.2 Å². The number of nitrogens with zero attached hydrogens (tertiary/aromatic N) is 5. The lowest BCUT2D eigenvalue weighted by atomic mass is 10.2. The minimum absolute atomic E-state index is 0.598. The summed E-state index contributed by atoms with van der Waals surface area (Å²) in [4.78, 5) is 8.72. The molecule has 0 unspecified atom stereocenters. The average Bonchev–Trinajstić information content (AvgIpc) is 3.51. The van der Waals surface area contributed by atoms with Crippen LogP contribution in [0.25, 0.3) is 28.5 Å². The van der Waals surface area contributed by atoms with E-state index < -0.39 is 0 Å². The Hall–Kier alpha value is -3.91. The lowest BCUT2D eigenvalue weighted by Crippen LogP contribution is -2.00. The Morgan fingerprint density at radius 3 is 2.44 bits per heavy atom. The van der Waals surface area contributed by atoms with E-state index in [1.165, 1.54) is 0 Å². The molecule has 0 N–H and O–H groups in total. The molecule has 0 bridgehead atoms. The number of rotatable bonds is 7. The highest BCUT2D eigenvalue weighted by molar-refractivity contribution is 7.98. The Labute approximate surface area is 189 Å². The van der Waals surface area contributed by atoms with E-state index in [1.807, 2.05) is 71.3 Å². The fraction of sp³-hybridized carbons (Fsp3) is 0.0833. The van der Waals surface area contributed by atoms with Gasteiger partial charge in [0, 0.05) is 35.0 Å². The smallest absolute Gasteiger partial charge is 0.226 e. The number of ether oxygens (including phenoxy) is 1. The number of hydrogen-bond donors (Lipinski definition) is 0. The second kappa shape index (κ2) is 9.07. The number of benzene rings is 2. The average molecular weight is 442 g/mol. The van der Waals surface area contributed by atoms with E-state index in [0.29, 0.717) is 11.6 Å². The predicted molar refractivity (Wildman–Crippen MR) is 123 cm³/mol. The van der Waals surface area contributed by atoms with Crippen molar-refractivity contribution in [2.24, 2.45) is 0 Å². The topological polar surface area (TPSA) is 78.9 Å². The van der Waals surface area contributed by atoms with Gasteiger partial charge < -0.3 is 9.15 Å². The minimum atomic E-state index is 0.598. The van der Waals surface area contributed by atoms with Gasteiger partial charge in [-0.05, 0) is 48.5 Å². The van der Waals surface area contributed by atoms with Crippen molar-refractivity contribution in [2.75, 3.05) is 7.11 Å². The molecule has 0 amide bonds. The number of hydrogen-bond acceptors (Lipinski definition) is 7. The molecule has 3 heterocycles. The lowest BCUT2D eigenvalue weighted by molar-refractivity contribution is 0.414. The second-order valence-electron chi connectivity index (χ2n) is 6.87. The van der Waals surface area contributed by atoms with Crippen LogP contribution in [0.5, 0.6) is 5.75 Å². The first-order valence-corrected chi connectivity index (χ1v) is 10.9. The van der Waals surface area contributed by atoms with Crippen LogP contribution in [0.1, 0.15) is 5.69 Å². The van der Waals surface area contributed by atoms with Crippen LogP contribution in [0.15, 0.2) is 95.0 Å². The van der Waals surface area contributed by atoms with E-state index in [4.69, 9.17) is 9.15 Å². The Morgan fingerprint density at radius 2 is 1.69 bits per heavy atom. The zero-order valence-electron chi connectivity index (χ0n) is 17.3. The number of methoxy groups -OCH3 is 1. The van der Waals surface area contributed by atoms with E-state index in [1.54, 1.807) is 37.5 Å². The van der Waals surface area contributed by atoms with Crippen molar-refractivity contribution in [3.05, 3.63) is 91.1 Å². The van der Waals surface area contributed by atoms with Crippen LogP contribution in [0.3, 0.4) is 0 Å². The fourth-order valence-electron chi connectivity index (χ4n) is 3.24. The van der Waals surface area contributed by atoms with E-state index in [0.717, 1.165) is 39.2 Å². The van der Waals surface area contributed by atoms with Crippen molar-refractivity contribution < 1.29 is 9.15 Å². The number of aromatic nitrogens is 5. The Balaban J connectivity index is 1.45. The maximum atomic E-state index is 5.67. The van der Waals surface area contributed by atoms with Gasteiger partial charge in [-0.1, -0.05) is 30.0 Å². The van der Waals surface area contributed by atoms with Gasteiger partial charge in [-0.3, -0.25) is 9.55 Å². The molecule has 0 aliphatic heterocycles. The van der Waals surface area contributed by atoms with Crippen LogP contribution in [0, 0.1) is 0 Å². The summed E-state index contributed by atoms with van der Waals surface area (Å²) < 4.78 is 13.0. The van der Waals surface area contributed by atoms with E-state index >= 15 is 0 Å². The molecule has 0 saturated heterocycles. The lowest BCUT2D eigenvalue weighted by Gasteiger charge is -2.10. The molecule has 8 heteroatoms. The van der Waals surface area contributed by atoms with Gasteiger partial charge >= 0.3 is 0 Å². The van der Waals surface area contributed by atoms with Gasteiger partial charge in [0.2, 0.25) is 5.89 Å². The summed E-state index contributed by atoms with van der Waals surface area (Å²) in [6.07, 6.45) is 5.18. The highest BCUT2D eigenvalue weighted by Crippen LogP contribution is 2.30. The summed E-state index contributed by atoms with van der Waals surface area (Å²) in [6.45, 7) is 0.